The van der Waals surface area contributed by atoms with Crippen LogP contribution < -0.4 is 26.3 Å². The third kappa shape index (κ3) is 3.76. The average molecular weight is 391 g/mol. The van der Waals surface area contributed by atoms with Gasteiger partial charge in [-0.1, -0.05) is 0 Å². The minimum atomic E-state index is -0.321. The normalized spacial score (nSPS) is 10.2. The highest BCUT2D eigenvalue weighted by Crippen LogP contribution is 2.23. The molecule has 0 spiro atoms. The molecular formula is C18H19BrN2O3. The number of carbonyl (C=O) groups excluding carboxylic acids is 1. The Bertz CT molecular complexity index is 845. The molecular weight excluding hydrogens is 372 g/mol. The number of methoxy groups -OCH3 is 2. The maximum Gasteiger partial charge on any atom is 0.343 e. The van der Waals surface area contributed by atoms with Gasteiger partial charge < -0.3 is 31.4 Å². The maximum atomic E-state index is 11.6. The van der Waals surface area contributed by atoms with Crippen molar-refractivity contribution in [3.05, 3.63) is 60.0 Å². The van der Waals surface area contributed by atoms with E-state index < -0.39 is 0 Å². The highest BCUT2D eigenvalue weighted by Gasteiger charge is 2.12. The Hall–Kier alpha value is -2.34. The fourth-order valence-corrected chi connectivity index (χ4v) is 2.65. The van der Waals surface area contributed by atoms with Gasteiger partial charge in [0.2, 0.25) is 0 Å². The number of aryl methyl sites for hydroxylation is 2. The number of rotatable bonds is 5. The number of nitrogens with one attached hydrogen (secondary N) is 1. The average Bonchev–Trinajstić information content (AvgIpc) is 3.01. The van der Waals surface area contributed by atoms with Crippen LogP contribution in [0.1, 0.15) is 15.9 Å². The number of carbonyl (C=O) groups is 1. The van der Waals surface area contributed by atoms with Gasteiger partial charge in [-0.25, -0.2) is 9.36 Å². The van der Waals surface area contributed by atoms with Crippen molar-refractivity contribution in [2.75, 3.05) is 14.2 Å². The molecule has 0 fully saturated rings. The van der Waals surface area contributed by atoms with E-state index in [-0.39, 0.29) is 23.0 Å². The number of benzene rings is 1. The van der Waals surface area contributed by atoms with Crippen LogP contribution in [0.2, 0.25) is 0 Å². The number of hydrogen-bond acceptors (Lipinski definition) is 3. The number of H-pyrrole nitrogens is 1. The lowest BCUT2D eigenvalue weighted by Crippen LogP contribution is -3.00. The van der Waals surface area contributed by atoms with Gasteiger partial charge in [-0.3, -0.25) is 0 Å². The predicted molar refractivity (Wildman–Crippen MR) is 86.5 cm³/mol. The van der Waals surface area contributed by atoms with E-state index in [1.165, 1.54) is 18.1 Å². The fraction of sp³-hybridized carbons (Fsp3) is 0.222. The van der Waals surface area contributed by atoms with Crippen LogP contribution in [0.5, 0.6) is 5.75 Å². The van der Waals surface area contributed by atoms with Gasteiger partial charge in [-0.2, -0.15) is 0 Å². The summed E-state index contributed by atoms with van der Waals surface area (Å²) in [6.45, 7) is 0.782. The van der Waals surface area contributed by atoms with Gasteiger partial charge in [0.1, 0.15) is 11.3 Å². The Morgan fingerprint density at radius 3 is 2.83 bits per heavy atom. The highest BCUT2D eigenvalue weighted by molar-refractivity contribution is 5.88. The van der Waals surface area contributed by atoms with E-state index in [9.17, 15) is 4.79 Å². The summed E-state index contributed by atoms with van der Waals surface area (Å²) in [5.74, 6) is 0.518. The standard InChI is InChI=1S/C18H19N2O3.BrH/c1-22-15-5-6-16-13(11-19-17(16)10-15)7-9-20-8-3-4-14(12-20)18(21)23-2;/h3-6,8,10-12,19H,7,9H2,1-2H3;1H/q+1;/p-1. The number of nitrogens with zero attached hydrogens (tertiary/aromatic N) is 1. The lowest BCUT2D eigenvalue weighted by Gasteiger charge is -2.01. The van der Waals surface area contributed by atoms with Crippen LogP contribution in [0.15, 0.2) is 48.9 Å². The van der Waals surface area contributed by atoms with E-state index in [1.807, 2.05) is 41.4 Å². The zero-order chi connectivity index (χ0) is 16.2. The van der Waals surface area contributed by atoms with Crippen molar-refractivity contribution in [2.45, 2.75) is 13.0 Å². The molecule has 0 unspecified atom stereocenters. The van der Waals surface area contributed by atoms with Gasteiger partial charge in [0.15, 0.2) is 18.9 Å². The van der Waals surface area contributed by atoms with E-state index in [0.717, 1.165) is 24.2 Å². The second kappa shape index (κ2) is 7.97. The monoisotopic (exact) mass is 390 g/mol. The minimum absolute atomic E-state index is 0. The second-order valence-electron chi connectivity index (χ2n) is 5.30. The van der Waals surface area contributed by atoms with E-state index in [0.29, 0.717) is 5.56 Å². The molecule has 0 aliphatic heterocycles. The summed E-state index contributed by atoms with van der Waals surface area (Å²) in [6, 6.07) is 9.62. The van der Waals surface area contributed by atoms with Gasteiger partial charge in [0.25, 0.3) is 0 Å². The summed E-state index contributed by atoms with van der Waals surface area (Å²) >= 11 is 0. The van der Waals surface area contributed by atoms with Crippen LogP contribution in [0, 0.1) is 0 Å². The van der Waals surface area contributed by atoms with Crippen LogP contribution in [0.25, 0.3) is 10.9 Å². The number of aromatic nitrogens is 2. The third-order valence-electron chi connectivity index (χ3n) is 3.89. The van der Waals surface area contributed by atoms with Crippen LogP contribution in [0.4, 0.5) is 0 Å². The number of hydrogen-bond donors (Lipinski definition) is 1. The first-order chi connectivity index (χ1) is 11.2. The minimum Gasteiger partial charge on any atom is -1.00 e. The topological polar surface area (TPSA) is 55.2 Å². The van der Waals surface area contributed by atoms with E-state index in [2.05, 4.69) is 11.1 Å². The van der Waals surface area contributed by atoms with Crippen LogP contribution in [0.3, 0.4) is 0 Å². The van der Waals surface area contributed by atoms with E-state index in [4.69, 9.17) is 9.47 Å². The van der Waals surface area contributed by atoms with Gasteiger partial charge in [-0.15, -0.1) is 0 Å². The number of fused-ring (bicyclic) bond motifs is 1. The molecule has 24 heavy (non-hydrogen) atoms. The fourth-order valence-electron chi connectivity index (χ4n) is 2.65. The summed E-state index contributed by atoms with van der Waals surface area (Å²) in [4.78, 5) is 14.9. The smallest absolute Gasteiger partial charge is 0.343 e. The Kier molecular flexibility index (Phi) is 5.98. The molecule has 0 radical (unpaired) electrons. The summed E-state index contributed by atoms with van der Waals surface area (Å²) < 4.78 is 12.0. The largest absolute Gasteiger partial charge is 1.00 e. The van der Waals surface area contributed by atoms with Gasteiger partial charge in [0, 0.05) is 35.7 Å². The molecule has 5 nitrogen and oxygen atoms in total. The number of ether oxygens (including phenoxy) is 2. The number of pyridine rings is 1. The van der Waals surface area contributed by atoms with Crippen molar-refractivity contribution in [3.8, 4) is 5.75 Å². The van der Waals surface area contributed by atoms with Crippen molar-refractivity contribution >= 4 is 16.9 Å². The zero-order valence-electron chi connectivity index (χ0n) is 13.6. The molecule has 0 bridgehead atoms. The first kappa shape index (κ1) is 18.0. The quantitative estimate of drug-likeness (QED) is 0.471. The van der Waals surface area contributed by atoms with Crippen LogP contribution in [-0.4, -0.2) is 25.2 Å². The van der Waals surface area contributed by atoms with Crippen molar-refractivity contribution < 1.29 is 35.8 Å². The summed E-state index contributed by atoms with van der Waals surface area (Å²) in [7, 11) is 3.05. The lowest BCUT2D eigenvalue weighted by atomic mass is 10.1. The van der Waals surface area contributed by atoms with Crippen molar-refractivity contribution in [1.82, 2.24) is 4.98 Å². The Morgan fingerprint density at radius 2 is 2.08 bits per heavy atom. The Labute approximate surface area is 151 Å². The summed E-state index contributed by atoms with van der Waals surface area (Å²) in [5, 5.41) is 1.19. The second-order valence-corrected chi connectivity index (χ2v) is 5.30. The summed E-state index contributed by atoms with van der Waals surface area (Å²) in [5.41, 5.74) is 2.85. The molecule has 0 saturated heterocycles. The zero-order valence-corrected chi connectivity index (χ0v) is 15.2. The molecule has 0 aliphatic carbocycles. The third-order valence-corrected chi connectivity index (χ3v) is 3.89. The molecule has 2 heterocycles. The van der Waals surface area contributed by atoms with Gasteiger partial charge in [0.05, 0.1) is 14.2 Å². The van der Waals surface area contributed by atoms with E-state index in [1.54, 1.807) is 13.2 Å². The lowest BCUT2D eigenvalue weighted by molar-refractivity contribution is -0.696. The van der Waals surface area contributed by atoms with Crippen molar-refractivity contribution in [2.24, 2.45) is 0 Å². The maximum absolute atomic E-state index is 11.6. The highest BCUT2D eigenvalue weighted by atomic mass is 79.9. The molecule has 126 valence electrons. The van der Waals surface area contributed by atoms with Crippen LogP contribution >= 0.6 is 0 Å². The molecule has 2 aromatic heterocycles. The predicted octanol–water partition coefficient (Wildman–Crippen LogP) is -0.503. The Morgan fingerprint density at radius 1 is 1.25 bits per heavy atom. The van der Waals surface area contributed by atoms with Gasteiger partial charge in [-0.05, 0) is 23.8 Å². The molecule has 0 saturated carbocycles. The molecule has 3 aromatic rings. The molecule has 0 atom stereocenters. The molecule has 1 aromatic carbocycles. The van der Waals surface area contributed by atoms with Crippen molar-refractivity contribution in [3.63, 3.8) is 0 Å². The SMILES string of the molecule is COC(=O)c1ccc[n+](CCc2c[nH]c3cc(OC)ccc23)c1.[Br-]. The van der Waals surface area contributed by atoms with Crippen molar-refractivity contribution in [1.29, 1.82) is 0 Å². The molecule has 3 rings (SSSR count). The first-order valence-electron chi connectivity index (χ1n) is 7.42. The van der Waals surface area contributed by atoms with E-state index >= 15 is 0 Å². The van der Waals surface area contributed by atoms with Crippen LogP contribution in [-0.2, 0) is 17.7 Å². The Balaban J connectivity index is 0.00000208. The first-order valence-corrected chi connectivity index (χ1v) is 7.42. The number of halogens is 1. The molecule has 6 heteroatoms. The van der Waals surface area contributed by atoms with Gasteiger partial charge >= 0.3 is 5.97 Å². The molecule has 0 aliphatic rings. The number of esters is 1. The number of aromatic amines is 1. The molecule has 1 N–H and O–H groups in total. The summed E-state index contributed by atoms with van der Waals surface area (Å²) in [6.07, 6.45) is 6.64. The molecule has 0 amide bonds.